The Balaban J connectivity index is 1.29. The van der Waals surface area contributed by atoms with Crippen LogP contribution >= 0.6 is 0 Å². The van der Waals surface area contributed by atoms with Gasteiger partial charge in [-0.2, -0.15) is 0 Å². The molecule has 0 radical (unpaired) electrons. The van der Waals surface area contributed by atoms with Gasteiger partial charge in [0.25, 0.3) is 15.9 Å². The van der Waals surface area contributed by atoms with E-state index in [9.17, 15) is 13.2 Å². The molecule has 2 N–H and O–H groups in total. The number of carbonyl (C=O) groups is 1. The van der Waals surface area contributed by atoms with Crippen LogP contribution in [-0.4, -0.2) is 19.3 Å². The minimum Gasteiger partial charge on any atom is -0.440 e. The second-order valence-electron chi connectivity index (χ2n) is 7.96. The third-order valence-electron chi connectivity index (χ3n) is 5.32. The van der Waals surface area contributed by atoms with Gasteiger partial charge in [-0.25, -0.2) is 13.4 Å². The number of benzene rings is 3. The van der Waals surface area contributed by atoms with Crippen LogP contribution in [0.5, 0.6) is 0 Å². The van der Waals surface area contributed by atoms with Crippen LogP contribution in [0.15, 0.2) is 76.0 Å². The zero-order valence-electron chi connectivity index (χ0n) is 17.3. The molecule has 0 atom stereocenters. The Hall–Kier alpha value is -3.65. The number of hydrogen-bond donors (Lipinski definition) is 2. The van der Waals surface area contributed by atoms with Crippen LogP contribution in [-0.2, 0) is 10.0 Å². The molecule has 1 aromatic heterocycles. The van der Waals surface area contributed by atoms with Gasteiger partial charge >= 0.3 is 0 Å². The number of amides is 1. The smallest absolute Gasteiger partial charge is 0.261 e. The van der Waals surface area contributed by atoms with E-state index < -0.39 is 10.0 Å². The monoisotopic (exact) mass is 447 g/mol. The predicted octanol–water partition coefficient (Wildman–Crippen LogP) is 5.07. The molecule has 32 heavy (non-hydrogen) atoms. The molecular formula is C24H21N3O4S. The zero-order valence-corrected chi connectivity index (χ0v) is 18.1. The Morgan fingerprint density at radius 1 is 0.969 bits per heavy atom. The maximum absolute atomic E-state index is 12.6. The first kappa shape index (κ1) is 20.3. The van der Waals surface area contributed by atoms with Crippen LogP contribution in [0.2, 0.25) is 0 Å². The second kappa shape index (κ2) is 7.80. The maximum atomic E-state index is 12.6. The Labute approximate surface area is 185 Å². The molecule has 0 unspecified atom stereocenters. The van der Waals surface area contributed by atoms with Crippen molar-refractivity contribution in [2.45, 2.75) is 30.6 Å². The van der Waals surface area contributed by atoms with E-state index in [0.717, 1.165) is 24.3 Å². The van der Waals surface area contributed by atoms with Gasteiger partial charge < -0.3 is 9.73 Å². The molecule has 1 fully saturated rings. The topological polar surface area (TPSA) is 101 Å². The summed E-state index contributed by atoms with van der Waals surface area (Å²) in [6.07, 6.45) is 2.20. The summed E-state index contributed by atoms with van der Waals surface area (Å²) in [5.41, 5.74) is 3.85. The van der Waals surface area contributed by atoms with Crippen molar-refractivity contribution in [2.24, 2.45) is 0 Å². The lowest BCUT2D eigenvalue weighted by atomic mass is 10.2. The van der Waals surface area contributed by atoms with E-state index in [1.165, 1.54) is 24.3 Å². The third kappa shape index (κ3) is 4.22. The van der Waals surface area contributed by atoms with Crippen molar-refractivity contribution >= 4 is 38.4 Å². The lowest BCUT2D eigenvalue weighted by Gasteiger charge is -2.09. The summed E-state index contributed by atoms with van der Waals surface area (Å²) in [5, 5.41) is 2.82. The molecule has 5 rings (SSSR count). The van der Waals surface area contributed by atoms with Crippen LogP contribution in [0.25, 0.3) is 11.1 Å². The van der Waals surface area contributed by atoms with Crippen molar-refractivity contribution in [2.75, 3.05) is 10.0 Å². The number of oxazole rings is 1. The summed E-state index contributed by atoms with van der Waals surface area (Å²) in [4.78, 5) is 17.2. The molecular weight excluding hydrogens is 426 g/mol. The van der Waals surface area contributed by atoms with E-state index in [1.54, 1.807) is 30.3 Å². The van der Waals surface area contributed by atoms with Crippen LogP contribution in [0, 0.1) is 6.92 Å². The molecule has 1 aliphatic rings. The normalized spacial score (nSPS) is 13.8. The average molecular weight is 448 g/mol. The third-order valence-corrected chi connectivity index (χ3v) is 6.72. The van der Waals surface area contributed by atoms with Crippen molar-refractivity contribution < 1.29 is 17.6 Å². The highest BCUT2D eigenvalue weighted by Crippen LogP contribution is 2.40. The highest BCUT2D eigenvalue weighted by Gasteiger charge is 2.29. The molecule has 0 saturated heterocycles. The predicted molar refractivity (Wildman–Crippen MR) is 122 cm³/mol. The summed E-state index contributed by atoms with van der Waals surface area (Å²) in [6.45, 7) is 1.93. The fourth-order valence-electron chi connectivity index (χ4n) is 3.35. The second-order valence-corrected chi connectivity index (χ2v) is 9.64. The van der Waals surface area contributed by atoms with E-state index in [1.807, 2.05) is 19.1 Å². The molecule has 162 valence electrons. The van der Waals surface area contributed by atoms with E-state index in [2.05, 4.69) is 15.0 Å². The van der Waals surface area contributed by atoms with Gasteiger partial charge in [0, 0.05) is 22.9 Å². The van der Waals surface area contributed by atoms with Gasteiger partial charge in [-0.3, -0.25) is 9.52 Å². The number of aromatic nitrogens is 1. The molecule has 0 bridgehead atoms. The standard InChI is InChI=1S/C24H21N3O4S/c1-15-2-8-18(9-3-15)27-32(29,30)20-11-6-16(7-12-20)23(28)25-19-10-13-22-21(14-19)26-24(31-22)17-4-5-17/h2-3,6-14,17,27H,4-5H2,1H3,(H,25,28). The first-order valence-electron chi connectivity index (χ1n) is 10.3. The van der Waals surface area contributed by atoms with Crippen LogP contribution in [0.4, 0.5) is 11.4 Å². The van der Waals surface area contributed by atoms with Crippen molar-refractivity contribution in [3.05, 3.63) is 83.7 Å². The Kier molecular flexibility index (Phi) is 4.94. The van der Waals surface area contributed by atoms with Crippen molar-refractivity contribution in [3.63, 3.8) is 0 Å². The maximum Gasteiger partial charge on any atom is 0.261 e. The lowest BCUT2D eigenvalue weighted by molar-refractivity contribution is 0.102. The molecule has 1 saturated carbocycles. The number of carbonyl (C=O) groups excluding carboxylic acids is 1. The minimum absolute atomic E-state index is 0.0752. The number of nitrogens with one attached hydrogen (secondary N) is 2. The highest BCUT2D eigenvalue weighted by molar-refractivity contribution is 7.92. The number of anilines is 2. The lowest BCUT2D eigenvalue weighted by Crippen LogP contribution is -2.14. The number of rotatable bonds is 6. The summed E-state index contributed by atoms with van der Waals surface area (Å²) in [6, 6.07) is 18.2. The number of aryl methyl sites for hydroxylation is 1. The van der Waals surface area contributed by atoms with Gasteiger partial charge in [-0.1, -0.05) is 17.7 Å². The van der Waals surface area contributed by atoms with Crippen LogP contribution in [0.1, 0.15) is 40.6 Å². The van der Waals surface area contributed by atoms with Gasteiger partial charge in [0.05, 0.1) is 4.90 Å². The largest absolute Gasteiger partial charge is 0.440 e. The van der Waals surface area contributed by atoms with Gasteiger partial charge in [0.1, 0.15) is 5.52 Å². The van der Waals surface area contributed by atoms with Gasteiger partial charge in [0.2, 0.25) is 0 Å². The van der Waals surface area contributed by atoms with Gasteiger partial charge in [0.15, 0.2) is 11.5 Å². The molecule has 1 aliphatic carbocycles. The molecule has 3 aromatic carbocycles. The van der Waals surface area contributed by atoms with E-state index in [4.69, 9.17) is 4.42 Å². The van der Waals surface area contributed by atoms with E-state index in [-0.39, 0.29) is 10.8 Å². The number of nitrogens with zero attached hydrogens (tertiary/aromatic N) is 1. The summed E-state index contributed by atoms with van der Waals surface area (Å²) in [7, 11) is -3.75. The minimum atomic E-state index is -3.75. The number of hydrogen-bond acceptors (Lipinski definition) is 5. The molecule has 4 aromatic rings. The summed E-state index contributed by atoms with van der Waals surface area (Å²) in [5.74, 6) is 0.820. The quantitative estimate of drug-likeness (QED) is 0.430. The van der Waals surface area contributed by atoms with E-state index in [0.29, 0.717) is 34.0 Å². The summed E-state index contributed by atoms with van der Waals surface area (Å²) < 4.78 is 33.5. The van der Waals surface area contributed by atoms with Gasteiger partial charge in [-0.05, 0) is 74.4 Å². The fraction of sp³-hybridized carbons (Fsp3) is 0.167. The Bertz CT molecular complexity index is 1400. The zero-order chi connectivity index (χ0) is 22.3. The van der Waals surface area contributed by atoms with E-state index >= 15 is 0 Å². The first-order valence-corrected chi connectivity index (χ1v) is 11.8. The van der Waals surface area contributed by atoms with Crippen LogP contribution in [0.3, 0.4) is 0 Å². The fourth-order valence-corrected chi connectivity index (χ4v) is 4.41. The average Bonchev–Trinajstić information content (AvgIpc) is 3.54. The number of fused-ring (bicyclic) bond motifs is 1. The van der Waals surface area contributed by atoms with Crippen molar-refractivity contribution in [3.8, 4) is 0 Å². The first-order chi connectivity index (χ1) is 15.4. The molecule has 8 heteroatoms. The van der Waals surface area contributed by atoms with Crippen LogP contribution < -0.4 is 10.0 Å². The van der Waals surface area contributed by atoms with Crippen molar-refractivity contribution in [1.82, 2.24) is 4.98 Å². The summed E-state index contributed by atoms with van der Waals surface area (Å²) >= 11 is 0. The molecule has 0 spiro atoms. The highest BCUT2D eigenvalue weighted by atomic mass is 32.2. The Morgan fingerprint density at radius 3 is 2.34 bits per heavy atom. The molecule has 0 aliphatic heterocycles. The SMILES string of the molecule is Cc1ccc(NS(=O)(=O)c2ccc(C(=O)Nc3ccc4oc(C5CC5)nc4c3)cc2)cc1. The molecule has 1 heterocycles. The Morgan fingerprint density at radius 2 is 1.66 bits per heavy atom. The molecule has 7 nitrogen and oxygen atoms in total. The number of sulfonamides is 1. The van der Waals surface area contributed by atoms with Gasteiger partial charge in [-0.15, -0.1) is 0 Å². The molecule has 1 amide bonds. The van der Waals surface area contributed by atoms with Crippen molar-refractivity contribution in [1.29, 1.82) is 0 Å².